The van der Waals surface area contributed by atoms with E-state index in [4.69, 9.17) is 11.6 Å². The van der Waals surface area contributed by atoms with Crippen molar-refractivity contribution in [3.63, 3.8) is 0 Å². The van der Waals surface area contributed by atoms with Crippen molar-refractivity contribution in [2.45, 2.75) is 33.2 Å². The normalized spacial score (nSPS) is 12.2. The number of carbonyl (C=O) groups excluding carboxylic acids is 1. The zero-order chi connectivity index (χ0) is 14.7. The molecule has 1 unspecified atom stereocenters. The van der Waals surface area contributed by atoms with Gasteiger partial charge in [-0.05, 0) is 45.0 Å². The Morgan fingerprint density at radius 2 is 2.15 bits per heavy atom. The Labute approximate surface area is 123 Å². The van der Waals surface area contributed by atoms with Crippen LogP contribution in [0.4, 0.5) is 5.69 Å². The van der Waals surface area contributed by atoms with Gasteiger partial charge in [0, 0.05) is 22.8 Å². The van der Waals surface area contributed by atoms with E-state index in [0.717, 1.165) is 11.4 Å². The number of aromatic nitrogens is 2. The fourth-order valence-corrected chi connectivity index (χ4v) is 2.42. The summed E-state index contributed by atoms with van der Waals surface area (Å²) in [6, 6.07) is 9.15. The molecule has 0 saturated heterocycles. The topological polar surface area (TPSA) is 46.9 Å². The number of rotatable bonds is 4. The zero-order valence-corrected chi connectivity index (χ0v) is 12.6. The first kappa shape index (κ1) is 14.6. The number of aryl methyl sites for hydroxylation is 2. The van der Waals surface area contributed by atoms with Gasteiger partial charge in [-0.1, -0.05) is 17.7 Å². The van der Waals surface area contributed by atoms with E-state index in [1.807, 2.05) is 43.7 Å². The lowest BCUT2D eigenvalue weighted by Gasteiger charge is -2.14. The minimum absolute atomic E-state index is 0.0166. The molecule has 1 amide bonds. The highest BCUT2D eigenvalue weighted by atomic mass is 35.5. The van der Waals surface area contributed by atoms with Crippen LogP contribution in [0.1, 0.15) is 30.8 Å². The number of amides is 1. The molecule has 0 bridgehead atoms. The summed E-state index contributed by atoms with van der Waals surface area (Å²) in [7, 11) is 0. The third-order valence-corrected chi connectivity index (χ3v) is 3.29. The molecule has 0 radical (unpaired) electrons. The van der Waals surface area contributed by atoms with Crippen molar-refractivity contribution in [2.75, 3.05) is 5.32 Å². The van der Waals surface area contributed by atoms with Crippen molar-refractivity contribution in [3.8, 4) is 0 Å². The maximum atomic E-state index is 12.0. The summed E-state index contributed by atoms with van der Waals surface area (Å²) in [6.07, 6.45) is 0.370. The van der Waals surface area contributed by atoms with Gasteiger partial charge in [-0.2, -0.15) is 5.10 Å². The maximum absolute atomic E-state index is 12.0. The second kappa shape index (κ2) is 6.09. The molecule has 20 heavy (non-hydrogen) atoms. The fourth-order valence-electron chi connectivity index (χ4n) is 2.23. The molecule has 106 valence electrons. The van der Waals surface area contributed by atoms with Gasteiger partial charge in [0.25, 0.3) is 0 Å². The second-order valence-corrected chi connectivity index (χ2v) is 5.42. The number of hydrogen-bond acceptors (Lipinski definition) is 2. The van der Waals surface area contributed by atoms with Crippen molar-refractivity contribution in [1.29, 1.82) is 0 Å². The predicted molar refractivity (Wildman–Crippen MR) is 81.1 cm³/mol. The van der Waals surface area contributed by atoms with Gasteiger partial charge in [0.15, 0.2) is 0 Å². The highest BCUT2D eigenvalue weighted by molar-refractivity contribution is 6.30. The molecule has 0 spiro atoms. The van der Waals surface area contributed by atoms with Gasteiger partial charge in [0.2, 0.25) is 5.91 Å². The molecule has 4 nitrogen and oxygen atoms in total. The van der Waals surface area contributed by atoms with Crippen LogP contribution in [0.25, 0.3) is 0 Å². The molecule has 1 atom stereocenters. The van der Waals surface area contributed by atoms with Crippen LogP contribution in [0.15, 0.2) is 30.3 Å². The molecule has 0 fully saturated rings. The second-order valence-electron chi connectivity index (χ2n) is 4.98. The number of benzene rings is 1. The predicted octanol–water partition coefficient (Wildman–Crippen LogP) is 3.74. The van der Waals surface area contributed by atoms with E-state index in [2.05, 4.69) is 10.4 Å². The number of halogens is 1. The molecule has 2 rings (SSSR count). The Balaban J connectivity index is 1.99. The highest BCUT2D eigenvalue weighted by Gasteiger charge is 2.14. The summed E-state index contributed by atoms with van der Waals surface area (Å²) < 4.78 is 1.88. The SMILES string of the molecule is Cc1cc(C)n(C(C)CC(=O)Nc2cccc(Cl)c2)n1. The monoisotopic (exact) mass is 291 g/mol. The van der Waals surface area contributed by atoms with Crippen LogP contribution in [-0.4, -0.2) is 15.7 Å². The Morgan fingerprint density at radius 1 is 1.40 bits per heavy atom. The summed E-state index contributed by atoms with van der Waals surface area (Å²) in [5.74, 6) is -0.0488. The average molecular weight is 292 g/mol. The minimum Gasteiger partial charge on any atom is -0.326 e. The summed E-state index contributed by atoms with van der Waals surface area (Å²) in [6.45, 7) is 5.92. The fraction of sp³-hybridized carbons (Fsp3) is 0.333. The molecule has 0 aliphatic rings. The first-order chi connectivity index (χ1) is 9.45. The van der Waals surface area contributed by atoms with E-state index in [9.17, 15) is 4.79 Å². The van der Waals surface area contributed by atoms with Gasteiger partial charge in [-0.15, -0.1) is 0 Å². The van der Waals surface area contributed by atoms with E-state index < -0.39 is 0 Å². The van der Waals surface area contributed by atoms with Crippen LogP contribution in [0.5, 0.6) is 0 Å². The molecule has 5 heteroatoms. The lowest BCUT2D eigenvalue weighted by atomic mass is 10.2. The Kier molecular flexibility index (Phi) is 4.45. The third-order valence-electron chi connectivity index (χ3n) is 3.05. The van der Waals surface area contributed by atoms with Crippen molar-refractivity contribution >= 4 is 23.2 Å². The van der Waals surface area contributed by atoms with Crippen molar-refractivity contribution in [1.82, 2.24) is 9.78 Å². The van der Waals surface area contributed by atoms with Crippen LogP contribution in [0.3, 0.4) is 0 Å². The summed E-state index contributed by atoms with van der Waals surface area (Å²) in [5, 5.41) is 7.85. The largest absolute Gasteiger partial charge is 0.326 e. The number of anilines is 1. The van der Waals surface area contributed by atoms with Crippen molar-refractivity contribution < 1.29 is 4.79 Å². The minimum atomic E-state index is -0.0488. The van der Waals surface area contributed by atoms with Gasteiger partial charge < -0.3 is 5.32 Å². The van der Waals surface area contributed by atoms with E-state index in [1.54, 1.807) is 12.1 Å². The maximum Gasteiger partial charge on any atom is 0.226 e. The van der Waals surface area contributed by atoms with E-state index in [0.29, 0.717) is 17.1 Å². The van der Waals surface area contributed by atoms with Crippen LogP contribution in [-0.2, 0) is 4.79 Å². The lowest BCUT2D eigenvalue weighted by Crippen LogP contribution is -2.19. The molecule has 1 heterocycles. The molecule has 0 aliphatic carbocycles. The van der Waals surface area contributed by atoms with E-state index in [1.165, 1.54) is 0 Å². The average Bonchev–Trinajstić information content (AvgIpc) is 2.68. The lowest BCUT2D eigenvalue weighted by molar-refractivity contribution is -0.116. The summed E-state index contributed by atoms with van der Waals surface area (Å²) >= 11 is 5.89. The molecular formula is C15H18ClN3O. The first-order valence-electron chi connectivity index (χ1n) is 6.54. The smallest absolute Gasteiger partial charge is 0.226 e. The zero-order valence-electron chi connectivity index (χ0n) is 11.9. The van der Waals surface area contributed by atoms with Gasteiger partial charge in [0.05, 0.1) is 11.7 Å². The van der Waals surface area contributed by atoms with Gasteiger partial charge in [-0.3, -0.25) is 9.48 Å². The standard InChI is InChI=1S/C15H18ClN3O/c1-10-7-11(2)19(18-10)12(3)8-15(20)17-14-6-4-5-13(16)9-14/h4-7,9,12H,8H2,1-3H3,(H,17,20). The Morgan fingerprint density at radius 3 is 2.75 bits per heavy atom. The van der Waals surface area contributed by atoms with Crippen LogP contribution < -0.4 is 5.32 Å². The van der Waals surface area contributed by atoms with Crippen LogP contribution >= 0.6 is 11.6 Å². The van der Waals surface area contributed by atoms with Crippen molar-refractivity contribution in [3.05, 3.63) is 46.7 Å². The Bertz CT molecular complexity index is 621. The van der Waals surface area contributed by atoms with Crippen LogP contribution in [0.2, 0.25) is 5.02 Å². The van der Waals surface area contributed by atoms with E-state index in [-0.39, 0.29) is 11.9 Å². The van der Waals surface area contributed by atoms with Gasteiger partial charge in [-0.25, -0.2) is 0 Å². The number of nitrogens with one attached hydrogen (secondary N) is 1. The summed E-state index contributed by atoms with van der Waals surface area (Å²) in [4.78, 5) is 12.0. The number of carbonyl (C=O) groups is 1. The van der Waals surface area contributed by atoms with Gasteiger partial charge >= 0.3 is 0 Å². The summed E-state index contributed by atoms with van der Waals surface area (Å²) in [5.41, 5.74) is 2.73. The number of nitrogens with zero attached hydrogens (tertiary/aromatic N) is 2. The van der Waals surface area contributed by atoms with E-state index >= 15 is 0 Å². The Hall–Kier alpha value is -1.81. The third kappa shape index (κ3) is 3.61. The molecule has 1 aromatic carbocycles. The van der Waals surface area contributed by atoms with Crippen LogP contribution in [0, 0.1) is 13.8 Å². The van der Waals surface area contributed by atoms with Crippen molar-refractivity contribution in [2.24, 2.45) is 0 Å². The quantitative estimate of drug-likeness (QED) is 0.933. The molecule has 0 saturated carbocycles. The molecular weight excluding hydrogens is 274 g/mol. The number of hydrogen-bond donors (Lipinski definition) is 1. The molecule has 1 N–H and O–H groups in total. The molecule has 2 aromatic rings. The van der Waals surface area contributed by atoms with Gasteiger partial charge in [0.1, 0.15) is 0 Å². The molecule has 1 aromatic heterocycles. The molecule has 0 aliphatic heterocycles. The first-order valence-corrected chi connectivity index (χ1v) is 6.91. The highest BCUT2D eigenvalue weighted by Crippen LogP contribution is 2.18.